The van der Waals surface area contributed by atoms with Crippen molar-refractivity contribution in [3.8, 4) is 5.75 Å². The molecule has 1 aromatic carbocycles. The summed E-state index contributed by atoms with van der Waals surface area (Å²) in [4.78, 5) is 41.7. The van der Waals surface area contributed by atoms with E-state index in [0.717, 1.165) is 32.1 Å². The van der Waals surface area contributed by atoms with Gasteiger partial charge < -0.3 is 25.4 Å². The zero-order valence-electron chi connectivity index (χ0n) is 22.1. The van der Waals surface area contributed by atoms with Crippen LogP contribution in [-0.2, 0) is 14.3 Å². The van der Waals surface area contributed by atoms with E-state index in [1.54, 1.807) is 37.8 Å². The molecular weight excluding hydrogens is 446 g/mol. The Kier molecular flexibility index (Phi) is 10.4. The molecule has 1 saturated carbocycles. The van der Waals surface area contributed by atoms with Gasteiger partial charge in [0.2, 0.25) is 11.8 Å². The number of carbonyl (C=O) groups is 3. The summed E-state index contributed by atoms with van der Waals surface area (Å²) in [5.41, 5.74) is -0.162. The van der Waals surface area contributed by atoms with Crippen molar-refractivity contribution in [3.05, 3.63) is 29.8 Å². The highest BCUT2D eigenvalue weighted by molar-refractivity contribution is 5.92. The van der Waals surface area contributed by atoms with E-state index in [0.29, 0.717) is 18.5 Å². The second kappa shape index (κ2) is 12.8. The number of benzene rings is 1. The van der Waals surface area contributed by atoms with Crippen LogP contribution >= 0.6 is 0 Å². The number of amides is 3. The average molecular weight is 490 g/mol. The van der Waals surface area contributed by atoms with E-state index in [9.17, 15) is 19.5 Å². The Morgan fingerprint density at radius 3 is 2.40 bits per heavy atom. The van der Waals surface area contributed by atoms with Crippen LogP contribution < -0.4 is 10.6 Å². The molecule has 0 radical (unpaired) electrons. The van der Waals surface area contributed by atoms with E-state index < -0.39 is 23.8 Å². The number of phenolic OH excluding ortho intramolecular Hbond substituents is 1. The summed E-state index contributed by atoms with van der Waals surface area (Å²) in [7, 11) is 0. The Balaban J connectivity index is 2.40. The Hall–Kier alpha value is -2.77. The molecule has 1 aliphatic rings. The highest BCUT2D eigenvalue weighted by atomic mass is 16.6. The standard InChI is InChI=1S/C27H43N3O5/c1-7-9-10-16-28-24(32)23(19-12-11-13-21(31)17-19)30(20-14-15-20)25(33)22(18(3)8-2)29-26(34)35-27(4,5)6/h11-13,17-18,20,22-23,31H,7-10,14-16H2,1-6H3,(H,28,32)(H,29,34). The third-order valence-electron chi connectivity index (χ3n) is 6.14. The fourth-order valence-corrected chi connectivity index (χ4v) is 3.97. The molecule has 196 valence electrons. The molecule has 0 aliphatic heterocycles. The van der Waals surface area contributed by atoms with Crippen LogP contribution in [0.15, 0.2) is 24.3 Å². The van der Waals surface area contributed by atoms with Gasteiger partial charge in [0.05, 0.1) is 0 Å². The van der Waals surface area contributed by atoms with Crippen molar-refractivity contribution in [2.24, 2.45) is 5.92 Å². The van der Waals surface area contributed by atoms with Gasteiger partial charge in [-0.3, -0.25) is 9.59 Å². The minimum absolute atomic E-state index is 0.0276. The minimum atomic E-state index is -0.907. The van der Waals surface area contributed by atoms with E-state index in [2.05, 4.69) is 17.6 Å². The van der Waals surface area contributed by atoms with E-state index >= 15 is 0 Å². The molecule has 0 aromatic heterocycles. The Morgan fingerprint density at radius 1 is 1.17 bits per heavy atom. The lowest BCUT2D eigenvalue weighted by Crippen LogP contribution is -2.55. The number of hydrogen-bond acceptors (Lipinski definition) is 5. The third kappa shape index (κ3) is 8.75. The lowest BCUT2D eigenvalue weighted by molar-refractivity contribution is -0.144. The van der Waals surface area contributed by atoms with Gasteiger partial charge in [0.1, 0.15) is 23.4 Å². The molecule has 8 nitrogen and oxygen atoms in total. The van der Waals surface area contributed by atoms with Gasteiger partial charge in [-0.2, -0.15) is 0 Å². The van der Waals surface area contributed by atoms with Gasteiger partial charge in [-0.25, -0.2) is 4.79 Å². The molecule has 8 heteroatoms. The lowest BCUT2D eigenvalue weighted by Gasteiger charge is -2.36. The summed E-state index contributed by atoms with van der Waals surface area (Å²) in [6.07, 6.45) is 4.44. The molecule has 0 saturated heterocycles. The number of rotatable bonds is 12. The van der Waals surface area contributed by atoms with Gasteiger partial charge >= 0.3 is 6.09 Å². The predicted octanol–water partition coefficient (Wildman–Crippen LogP) is 4.67. The second-order valence-electron chi connectivity index (χ2n) is 10.5. The van der Waals surface area contributed by atoms with Gasteiger partial charge in [0.15, 0.2) is 0 Å². The van der Waals surface area contributed by atoms with Gasteiger partial charge in [-0.1, -0.05) is 52.2 Å². The van der Waals surface area contributed by atoms with Crippen LogP contribution in [0.4, 0.5) is 4.79 Å². The highest BCUT2D eigenvalue weighted by Gasteiger charge is 2.45. The first-order valence-corrected chi connectivity index (χ1v) is 12.9. The fraction of sp³-hybridized carbons (Fsp3) is 0.667. The summed E-state index contributed by atoms with van der Waals surface area (Å²) in [5.74, 6) is -0.745. The minimum Gasteiger partial charge on any atom is -0.508 e. The van der Waals surface area contributed by atoms with Crippen LogP contribution in [0.3, 0.4) is 0 Å². The average Bonchev–Trinajstić information content (AvgIpc) is 3.61. The number of carbonyl (C=O) groups excluding carboxylic acids is 3. The number of ether oxygens (including phenoxy) is 1. The first-order chi connectivity index (χ1) is 16.5. The summed E-state index contributed by atoms with van der Waals surface area (Å²) in [5, 5.41) is 15.9. The molecule has 3 N–H and O–H groups in total. The zero-order chi connectivity index (χ0) is 26.2. The van der Waals surface area contributed by atoms with E-state index in [-0.39, 0.29) is 29.5 Å². The molecule has 0 spiro atoms. The maximum Gasteiger partial charge on any atom is 0.408 e. The number of nitrogens with one attached hydrogen (secondary N) is 2. The normalized spacial score (nSPS) is 16.1. The monoisotopic (exact) mass is 489 g/mol. The van der Waals surface area contributed by atoms with Gasteiger partial charge in [-0.05, 0) is 63.6 Å². The van der Waals surface area contributed by atoms with Crippen LogP contribution in [0.25, 0.3) is 0 Å². The first-order valence-electron chi connectivity index (χ1n) is 12.9. The Labute approximate surface area is 209 Å². The number of nitrogens with zero attached hydrogens (tertiary/aromatic N) is 1. The molecule has 0 heterocycles. The number of phenols is 1. The molecule has 1 fully saturated rings. The van der Waals surface area contributed by atoms with E-state index in [4.69, 9.17) is 4.74 Å². The molecule has 2 rings (SSSR count). The maximum atomic E-state index is 14.0. The fourth-order valence-electron chi connectivity index (χ4n) is 3.97. The Morgan fingerprint density at radius 2 is 1.86 bits per heavy atom. The van der Waals surface area contributed by atoms with E-state index in [1.165, 1.54) is 12.1 Å². The molecule has 3 atom stereocenters. The van der Waals surface area contributed by atoms with Gasteiger partial charge in [-0.15, -0.1) is 0 Å². The second-order valence-corrected chi connectivity index (χ2v) is 10.5. The van der Waals surface area contributed by atoms with Crippen LogP contribution in [0.2, 0.25) is 0 Å². The topological polar surface area (TPSA) is 108 Å². The number of hydrogen-bond donors (Lipinski definition) is 3. The predicted molar refractivity (Wildman–Crippen MR) is 136 cm³/mol. The maximum absolute atomic E-state index is 14.0. The van der Waals surface area contributed by atoms with Crippen molar-refractivity contribution in [1.82, 2.24) is 15.5 Å². The van der Waals surface area contributed by atoms with Crippen molar-refractivity contribution in [2.75, 3.05) is 6.54 Å². The van der Waals surface area contributed by atoms with Crippen molar-refractivity contribution in [2.45, 2.75) is 104 Å². The molecule has 35 heavy (non-hydrogen) atoms. The zero-order valence-corrected chi connectivity index (χ0v) is 22.1. The van der Waals surface area contributed by atoms with Crippen molar-refractivity contribution < 1.29 is 24.2 Å². The summed E-state index contributed by atoms with van der Waals surface area (Å²) >= 11 is 0. The van der Waals surface area contributed by atoms with Crippen molar-refractivity contribution in [3.63, 3.8) is 0 Å². The summed E-state index contributed by atoms with van der Waals surface area (Å²) in [6.45, 7) is 11.8. The molecule has 3 amide bonds. The van der Waals surface area contributed by atoms with E-state index in [1.807, 2.05) is 13.8 Å². The van der Waals surface area contributed by atoms with Crippen LogP contribution in [-0.4, -0.2) is 52.1 Å². The third-order valence-corrected chi connectivity index (χ3v) is 6.14. The van der Waals surface area contributed by atoms with Gasteiger partial charge in [0.25, 0.3) is 0 Å². The van der Waals surface area contributed by atoms with Crippen LogP contribution in [0.1, 0.15) is 91.7 Å². The lowest BCUT2D eigenvalue weighted by atomic mass is 9.95. The quantitative estimate of drug-likeness (QED) is 0.370. The van der Waals surface area contributed by atoms with Crippen LogP contribution in [0, 0.1) is 5.92 Å². The number of unbranched alkanes of at least 4 members (excludes halogenated alkanes) is 2. The smallest absolute Gasteiger partial charge is 0.408 e. The SMILES string of the molecule is CCCCCNC(=O)C(c1cccc(O)c1)N(C(=O)C(NC(=O)OC(C)(C)C)C(C)CC)C1CC1. The molecule has 1 aliphatic carbocycles. The molecule has 0 bridgehead atoms. The molecule has 1 aromatic rings. The van der Waals surface area contributed by atoms with Crippen molar-refractivity contribution in [1.29, 1.82) is 0 Å². The summed E-state index contributed by atoms with van der Waals surface area (Å²) in [6, 6.07) is 4.62. The number of aromatic hydroxyl groups is 1. The van der Waals surface area contributed by atoms with Gasteiger partial charge in [0, 0.05) is 12.6 Å². The highest BCUT2D eigenvalue weighted by Crippen LogP contribution is 2.37. The molecular formula is C27H43N3O5. The number of alkyl carbamates (subject to hydrolysis) is 1. The molecule has 3 unspecified atom stereocenters. The largest absolute Gasteiger partial charge is 0.508 e. The summed E-state index contributed by atoms with van der Waals surface area (Å²) < 4.78 is 5.42. The first kappa shape index (κ1) is 28.5. The van der Waals surface area contributed by atoms with Crippen LogP contribution in [0.5, 0.6) is 5.75 Å². The Bertz CT molecular complexity index is 863. The van der Waals surface area contributed by atoms with Crippen molar-refractivity contribution >= 4 is 17.9 Å².